The molecule has 0 fully saturated rings. The molecule has 0 unspecified atom stereocenters. The predicted octanol–water partition coefficient (Wildman–Crippen LogP) is 0.246. The number of hydrogen-bond acceptors (Lipinski definition) is 7. The largest absolute Gasteiger partial charge is 0.396 e. The number of nitro groups is 1. The van der Waals surface area contributed by atoms with Gasteiger partial charge in [0.25, 0.3) is 5.56 Å². The van der Waals surface area contributed by atoms with Gasteiger partial charge in [0, 0.05) is 27.7 Å². The van der Waals surface area contributed by atoms with Crippen molar-refractivity contribution in [1.29, 1.82) is 0 Å². The molecule has 0 bridgehead atoms. The van der Waals surface area contributed by atoms with E-state index in [4.69, 9.17) is 0 Å². The Morgan fingerprint density at radius 1 is 1.24 bits per heavy atom. The van der Waals surface area contributed by atoms with Crippen molar-refractivity contribution in [3.8, 4) is 0 Å². The topological polar surface area (TPSA) is 123 Å². The van der Waals surface area contributed by atoms with Gasteiger partial charge in [-0.1, -0.05) is 0 Å². The second kappa shape index (κ2) is 5.88. The maximum atomic E-state index is 12.5. The van der Waals surface area contributed by atoms with Crippen LogP contribution in [-0.2, 0) is 27.7 Å². The Morgan fingerprint density at radius 3 is 2.52 bits per heavy atom. The van der Waals surface area contributed by atoms with Gasteiger partial charge in [-0.25, -0.2) is 9.78 Å². The van der Waals surface area contributed by atoms with E-state index in [1.165, 1.54) is 29.6 Å². The molecule has 3 aromatic heterocycles. The molecule has 3 aromatic rings. The SMILES string of the molecule is CCn1c(Sc2c([N+](=O)[O-])ncn2C)nc2c1c(=O)n(C)c(=O)n2C. The van der Waals surface area contributed by atoms with Crippen molar-refractivity contribution < 1.29 is 4.92 Å². The first-order valence-electron chi connectivity index (χ1n) is 7.27. The highest BCUT2D eigenvalue weighted by molar-refractivity contribution is 7.99. The highest BCUT2D eigenvalue weighted by Crippen LogP contribution is 2.34. The number of hydrogen-bond donors (Lipinski definition) is 0. The molecular formula is C13H15N7O4S. The molecular weight excluding hydrogens is 350 g/mol. The first kappa shape index (κ1) is 17.0. The van der Waals surface area contributed by atoms with E-state index in [0.29, 0.717) is 11.7 Å². The van der Waals surface area contributed by atoms with Gasteiger partial charge in [-0.3, -0.25) is 13.9 Å². The first-order chi connectivity index (χ1) is 11.8. The Balaban J connectivity index is 2.29. The van der Waals surface area contributed by atoms with Gasteiger partial charge in [-0.2, -0.15) is 0 Å². The fourth-order valence-corrected chi connectivity index (χ4v) is 3.58. The van der Waals surface area contributed by atoms with E-state index in [1.807, 2.05) is 6.92 Å². The lowest BCUT2D eigenvalue weighted by Crippen LogP contribution is -2.37. The number of fused-ring (bicyclic) bond motifs is 1. The highest BCUT2D eigenvalue weighted by atomic mass is 32.2. The zero-order valence-corrected chi connectivity index (χ0v) is 14.8. The van der Waals surface area contributed by atoms with E-state index >= 15 is 0 Å². The summed E-state index contributed by atoms with van der Waals surface area (Å²) < 4.78 is 5.44. The van der Waals surface area contributed by atoms with Crippen molar-refractivity contribution in [2.45, 2.75) is 23.7 Å². The van der Waals surface area contributed by atoms with Crippen LogP contribution in [0.1, 0.15) is 6.92 Å². The van der Waals surface area contributed by atoms with Crippen LogP contribution in [0.4, 0.5) is 5.82 Å². The number of imidazole rings is 2. The highest BCUT2D eigenvalue weighted by Gasteiger charge is 2.25. The molecule has 0 saturated heterocycles. The minimum absolute atomic E-state index is 0.238. The molecule has 3 rings (SSSR count). The van der Waals surface area contributed by atoms with Crippen LogP contribution in [-0.4, -0.2) is 33.2 Å². The van der Waals surface area contributed by atoms with Crippen LogP contribution in [0.5, 0.6) is 0 Å². The molecule has 0 aliphatic heterocycles. The molecule has 132 valence electrons. The second-order valence-electron chi connectivity index (χ2n) is 5.36. The Morgan fingerprint density at radius 2 is 1.92 bits per heavy atom. The molecule has 0 saturated carbocycles. The number of nitrogens with zero attached hydrogens (tertiary/aromatic N) is 7. The Labute approximate surface area is 144 Å². The minimum Gasteiger partial charge on any atom is -0.358 e. The van der Waals surface area contributed by atoms with E-state index in [9.17, 15) is 19.7 Å². The van der Waals surface area contributed by atoms with Crippen molar-refractivity contribution in [3.05, 3.63) is 37.3 Å². The summed E-state index contributed by atoms with van der Waals surface area (Å²) in [5.74, 6) is -0.288. The van der Waals surface area contributed by atoms with E-state index < -0.39 is 16.2 Å². The molecule has 0 radical (unpaired) electrons. The lowest BCUT2D eigenvalue weighted by molar-refractivity contribution is -0.392. The third-order valence-electron chi connectivity index (χ3n) is 3.85. The van der Waals surface area contributed by atoms with Crippen molar-refractivity contribution in [2.75, 3.05) is 0 Å². The minimum atomic E-state index is -0.573. The normalized spacial score (nSPS) is 11.4. The average Bonchev–Trinajstić information content (AvgIpc) is 3.12. The van der Waals surface area contributed by atoms with Gasteiger partial charge >= 0.3 is 11.5 Å². The monoisotopic (exact) mass is 365 g/mol. The third-order valence-corrected chi connectivity index (χ3v) is 5.01. The lowest BCUT2D eigenvalue weighted by Gasteiger charge is -2.06. The van der Waals surface area contributed by atoms with Crippen LogP contribution in [0.3, 0.4) is 0 Å². The molecule has 3 heterocycles. The van der Waals surface area contributed by atoms with E-state index in [1.54, 1.807) is 11.6 Å². The van der Waals surface area contributed by atoms with Crippen LogP contribution in [0.2, 0.25) is 0 Å². The van der Waals surface area contributed by atoms with Gasteiger partial charge in [-0.05, 0) is 28.6 Å². The summed E-state index contributed by atoms with van der Waals surface area (Å²) in [6, 6.07) is 0. The Bertz CT molecular complexity index is 1120. The molecule has 0 aromatic carbocycles. The average molecular weight is 365 g/mol. The fraction of sp³-hybridized carbons (Fsp3) is 0.385. The van der Waals surface area contributed by atoms with Crippen LogP contribution in [0.25, 0.3) is 11.2 Å². The van der Waals surface area contributed by atoms with Crippen LogP contribution in [0.15, 0.2) is 26.1 Å². The summed E-state index contributed by atoms with van der Waals surface area (Å²) >= 11 is 1.03. The van der Waals surface area contributed by atoms with Crippen molar-refractivity contribution in [3.63, 3.8) is 0 Å². The van der Waals surface area contributed by atoms with Crippen LogP contribution in [0, 0.1) is 10.1 Å². The van der Waals surface area contributed by atoms with E-state index in [2.05, 4.69) is 9.97 Å². The quantitative estimate of drug-likeness (QED) is 0.479. The second-order valence-corrected chi connectivity index (χ2v) is 6.32. The van der Waals surface area contributed by atoms with Gasteiger partial charge in [0.05, 0.1) is 0 Å². The van der Waals surface area contributed by atoms with Crippen molar-refractivity contribution >= 4 is 28.7 Å². The number of aryl methyl sites for hydroxylation is 3. The lowest BCUT2D eigenvalue weighted by atomic mass is 10.5. The summed E-state index contributed by atoms with van der Waals surface area (Å²) in [5, 5.41) is 11.8. The standard InChI is InChI=1S/C13H15N7O4S/c1-5-19-7-8(17(3)13(22)18(4)10(7)21)15-12(19)25-11-9(20(23)24)14-6-16(11)2/h6H,5H2,1-4H3. The van der Waals surface area contributed by atoms with Gasteiger partial charge in [0.15, 0.2) is 21.3 Å². The summed E-state index contributed by atoms with van der Waals surface area (Å²) in [7, 11) is 4.56. The molecule has 0 spiro atoms. The molecule has 11 nitrogen and oxygen atoms in total. The smallest absolute Gasteiger partial charge is 0.358 e. The molecule has 0 aliphatic rings. The van der Waals surface area contributed by atoms with Gasteiger partial charge in [0.1, 0.15) is 0 Å². The summed E-state index contributed by atoms with van der Waals surface area (Å²) in [4.78, 5) is 43.3. The van der Waals surface area contributed by atoms with Crippen molar-refractivity contribution in [1.82, 2.24) is 28.2 Å². The molecule has 0 N–H and O–H groups in total. The van der Waals surface area contributed by atoms with E-state index in [-0.39, 0.29) is 22.0 Å². The van der Waals surface area contributed by atoms with Gasteiger partial charge in [0.2, 0.25) is 6.33 Å². The van der Waals surface area contributed by atoms with E-state index in [0.717, 1.165) is 16.3 Å². The Kier molecular flexibility index (Phi) is 3.99. The number of rotatable bonds is 4. The maximum absolute atomic E-state index is 12.5. The van der Waals surface area contributed by atoms with Crippen molar-refractivity contribution in [2.24, 2.45) is 21.1 Å². The summed E-state index contributed by atoms with van der Waals surface area (Å²) in [6.07, 6.45) is 1.34. The maximum Gasteiger partial charge on any atom is 0.396 e. The molecule has 0 atom stereocenters. The fourth-order valence-electron chi connectivity index (χ4n) is 2.53. The first-order valence-corrected chi connectivity index (χ1v) is 8.09. The van der Waals surface area contributed by atoms with Crippen LogP contribution >= 0.6 is 11.8 Å². The molecule has 0 aliphatic carbocycles. The zero-order chi connectivity index (χ0) is 18.5. The molecule has 25 heavy (non-hydrogen) atoms. The predicted molar refractivity (Wildman–Crippen MR) is 89.9 cm³/mol. The Hall–Kier alpha value is -2.89. The number of aromatic nitrogens is 6. The van der Waals surface area contributed by atoms with Gasteiger partial charge in [-0.15, -0.1) is 0 Å². The summed E-state index contributed by atoms with van der Waals surface area (Å²) in [5.41, 5.74) is -0.429. The molecule has 12 heteroatoms. The summed E-state index contributed by atoms with van der Waals surface area (Å²) in [6.45, 7) is 2.24. The van der Waals surface area contributed by atoms with Crippen LogP contribution < -0.4 is 11.2 Å². The van der Waals surface area contributed by atoms with Gasteiger partial charge < -0.3 is 19.2 Å². The third kappa shape index (κ3) is 2.45. The molecule has 0 amide bonds. The zero-order valence-electron chi connectivity index (χ0n) is 14.0.